The van der Waals surface area contributed by atoms with Crippen LogP contribution in [0.25, 0.3) is 0 Å². The van der Waals surface area contributed by atoms with Crippen LogP contribution < -0.4 is 21.3 Å². The SMILES string of the molecule is N#Cc1ccc(C2NC(CCCNC(N)=O)(C(=O)O)C3C(=O)N(c4cccc([N+](=O)[O-])c4)C(=O)C23)cc1. The first-order valence-corrected chi connectivity index (χ1v) is 11.3. The van der Waals surface area contributed by atoms with Crippen LogP contribution in [-0.4, -0.2) is 45.9 Å². The molecule has 0 aromatic heterocycles. The largest absolute Gasteiger partial charge is 0.480 e. The number of imide groups is 1. The molecule has 2 aromatic carbocycles. The van der Waals surface area contributed by atoms with Crippen molar-refractivity contribution in [3.05, 3.63) is 69.8 Å². The van der Waals surface area contributed by atoms with Crippen LogP contribution in [0.1, 0.15) is 30.0 Å². The second-order valence-corrected chi connectivity index (χ2v) is 8.82. The molecule has 4 unspecified atom stereocenters. The number of carboxylic acid groups (broad SMARTS) is 1. The third-order valence-corrected chi connectivity index (χ3v) is 6.78. The van der Waals surface area contributed by atoms with Crippen molar-refractivity contribution in [1.29, 1.82) is 5.26 Å². The maximum absolute atomic E-state index is 13.7. The number of carbonyl (C=O) groups is 4. The number of carboxylic acids is 1. The molecule has 2 aromatic rings. The molecule has 37 heavy (non-hydrogen) atoms. The number of nitrogens with one attached hydrogen (secondary N) is 2. The van der Waals surface area contributed by atoms with Gasteiger partial charge in [0.05, 0.1) is 34.1 Å². The van der Waals surface area contributed by atoms with Gasteiger partial charge >= 0.3 is 12.0 Å². The number of urea groups is 1. The second kappa shape index (κ2) is 9.67. The van der Waals surface area contributed by atoms with E-state index in [9.17, 15) is 34.4 Å². The lowest BCUT2D eigenvalue weighted by atomic mass is 9.77. The van der Waals surface area contributed by atoms with Crippen molar-refractivity contribution in [1.82, 2.24) is 10.6 Å². The Morgan fingerprint density at radius 1 is 1.22 bits per heavy atom. The molecule has 2 aliphatic heterocycles. The Morgan fingerprint density at radius 3 is 2.51 bits per heavy atom. The van der Waals surface area contributed by atoms with Gasteiger partial charge < -0.3 is 16.2 Å². The monoisotopic (exact) mass is 506 g/mol. The van der Waals surface area contributed by atoms with Crippen LogP contribution in [0.4, 0.5) is 16.2 Å². The first-order valence-electron chi connectivity index (χ1n) is 11.3. The number of amides is 4. The first kappa shape index (κ1) is 25.3. The predicted molar refractivity (Wildman–Crippen MR) is 127 cm³/mol. The Hall–Kier alpha value is -4.83. The summed E-state index contributed by atoms with van der Waals surface area (Å²) in [6.07, 6.45) is 0.00217. The van der Waals surface area contributed by atoms with Crippen molar-refractivity contribution in [3.63, 3.8) is 0 Å². The van der Waals surface area contributed by atoms with Gasteiger partial charge in [-0.15, -0.1) is 0 Å². The molecule has 190 valence electrons. The van der Waals surface area contributed by atoms with Crippen molar-refractivity contribution >= 4 is 35.2 Å². The van der Waals surface area contributed by atoms with Gasteiger partial charge in [0.25, 0.3) is 5.69 Å². The van der Waals surface area contributed by atoms with Gasteiger partial charge in [-0.25, -0.2) is 9.69 Å². The van der Waals surface area contributed by atoms with Crippen LogP contribution in [0.2, 0.25) is 0 Å². The number of aliphatic carboxylic acids is 1. The zero-order chi connectivity index (χ0) is 26.9. The molecular weight excluding hydrogens is 484 g/mol. The Balaban J connectivity index is 1.79. The van der Waals surface area contributed by atoms with Crippen molar-refractivity contribution in [2.45, 2.75) is 24.4 Å². The van der Waals surface area contributed by atoms with E-state index in [0.717, 1.165) is 11.0 Å². The minimum atomic E-state index is -1.88. The fourth-order valence-electron chi connectivity index (χ4n) is 5.17. The zero-order valence-electron chi connectivity index (χ0n) is 19.3. The summed E-state index contributed by atoms with van der Waals surface area (Å²) in [5.41, 5.74) is 3.68. The summed E-state index contributed by atoms with van der Waals surface area (Å²) in [4.78, 5) is 62.6. The topological polar surface area (TPSA) is 209 Å². The minimum Gasteiger partial charge on any atom is -0.480 e. The maximum atomic E-state index is 13.7. The van der Waals surface area contributed by atoms with Crippen molar-refractivity contribution < 1.29 is 29.2 Å². The fourth-order valence-corrected chi connectivity index (χ4v) is 5.17. The highest BCUT2D eigenvalue weighted by atomic mass is 16.6. The minimum absolute atomic E-state index is 0.0353. The molecule has 13 heteroatoms. The lowest BCUT2D eigenvalue weighted by Crippen LogP contribution is -2.56. The molecule has 0 radical (unpaired) electrons. The molecule has 0 aliphatic carbocycles. The van der Waals surface area contributed by atoms with Crippen LogP contribution in [0.5, 0.6) is 0 Å². The number of benzene rings is 2. The molecule has 2 fully saturated rings. The Labute approximate surface area is 210 Å². The lowest BCUT2D eigenvalue weighted by Gasteiger charge is -2.31. The number of non-ortho nitro benzene ring substituents is 1. The maximum Gasteiger partial charge on any atom is 0.324 e. The number of fused-ring (bicyclic) bond motifs is 1. The quantitative estimate of drug-likeness (QED) is 0.175. The van der Waals surface area contributed by atoms with E-state index in [1.807, 2.05) is 6.07 Å². The third-order valence-electron chi connectivity index (χ3n) is 6.78. The zero-order valence-corrected chi connectivity index (χ0v) is 19.3. The van der Waals surface area contributed by atoms with Gasteiger partial charge in [0.2, 0.25) is 11.8 Å². The second-order valence-electron chi connectivity index (χ2n) is 8.82. The van der Waals surface area contributed by atoms with E-state index in [2.05, 4.69) is 10.6 Å². The van der Waals surface area contributed by atoms with E-state index >= 15 is 0 Å². The van der Waals surface area contributed by atoms with Gasteiger partial charge in [-0.2, -0.15) is 5.26 Å². The van der Waals surface area contributed by atoms with E-state index in [1.165, 1.54) is 30.3 Å². The smallest absolute Gasteiger partial charge is 0.324 e. The summed E-state index contributed by atoms with van der Waals surface area (Å²) in [7, 11) is 0. The van der Waals surface area contributed by atoms with E-state index in [0.29, 0.717) is 11.1 Å². The number of nitrogens with two attached hydrogens (primary N) is 1. The molecule has 4 atom stereocenters. The molecule has 0 saturated carbocycles. The van der Waals surface area contributed by atoms with Crippen LogP contribution in [-0.2, 0) is 14.4 Å². The number of carbonyl (C=O) groups excluding carboxylic acids is 3. The Morgan fingerprint density at radius 2 is 1.92 bits per heavy atom. The van der Waals surface area contributed by atoms with Gasteiger partial charge in [0.15, 0.2) is 0 Å². The fraction of sp³-hybridized carbons (Fsp3) is 0.292. The highest BCUT2D eigenvalue weighted by molar-refractivity contribution is 6.24. The molecule has 0 spiro atoms. The molecule has 2 saturated heterocycles. The summed E-state index contributed by atoms with van der Waals surface area (Å²) >= 11 is 0. The molecule has 4 amide bonds. The highest BCUT2D eigenvalue weighted by Crippen LogP contribution is 2.51. The summed E-state index contributed by atoms with van der Waals surface area (Å²) < 4.78 is 0. The number of anilines is 1. The van der Waals surface area contributed by atoms with Crippen LogP contribution in [0, 0.1) is 33.3 Å². The summed E-state index contributed by atoms with van der Waals surface area (Å²) in [5.74, 6) is -5.34. The molecular formula is C24H22N6O7. The summed E-state index contributed by atoms with van der Waals surface area (Å²) in [5, 5.41) is 36.1. The van der Waals surface area contributed by atoms with Crippen LogP contribution in [0.3, 0.4) is 0 Å². The first-order chi connectivity index (χ1) is 17.6. The predicted octanol–water partition coefficient (Wildman–Crippen LogP) is 1.19. The number of nitro benzene ring substituents is 1. The lowest BCUT2D eigenvalue weighted by molar-refractivity contribution is -0.384. The Kier molecular flexibility index (Phi) is 6.60. The molecule has 2 aliphatic rings. The van der Waals surface area contributed by atoms with Gasteiger partial charge in [0.1, 0.15) is 5.54 Å². The standard InChI is InChI=1S/C24H22N6O7/c25-12-13-5-7-14(8-6-13)19-17-18(24(28-19,22(33)34)9-2-10-27-23(26)35)21(32)29(20(17)31)15-3-1-4-16(11-15)30(36)37/h1,3-8,11,17-19,28H,2,9-10H2,(H,33,34)(H3,26,27,35). The Bertz CT molecular complexity index is 1340. The average Bonchev–Trinajstić information content (AvgIpc) is 3.36. The van der Waals surface area contributed by atoms with Gasteiger partial charge in [-0.05, 0) is 36.6 Å². The number of nitrogens with zero attached hydrogens (tertiary/aromatic N) is 3. The molecule has 4 rings (SSSR count). The number of rotatable bonds is 8. The molecule has 5 N–H and O–H groups in total. The van der Waals surface area contributed by atoms with Gasteiger partial charge in [0, 0.05) is 24.7 Å². The van der Waals surface area contributed by atoms with Crippen molar-refractivity contribution in [2.75, 3.05) is 11.4 Å². The number of hydrogen-bond acceptors (Lipinski definition) is 8. The van der Waals surface area contributed by atoms with E-state index in [1.54, 1.807) is 12.1 Å². The third kappa shape index (κ3) is 4.34. The van der Waals surface area contributed by atoms with E-state index in [-0.39, 0.29) is 30.8 Å². The number of hydrogen-bond donors (Lipinski definition) is 4. The number of primary amides is 1. The van der Waals surface area contributed by atoms with Crippen LogP contribution >= 0.6 is 0 Å². The van der Waals surface area contributed by atoms with Gasteiger partial charge in [-0.3, -0.25) is 29.8 Å². The summed E-state index contributed by atoms with van der Waals surface area (Å²) in [6.45, 7) is 0.0433. The van der Waals surface area contributed by atoms with Crippen molar-refractivity contribution in [3.8, 4) is 6.07 Å². The molecule has 0 bridgehead atoms. The average molecular weight is 506 g/mol. The van der Waals surface area contributed by atoms with E-state index < -0.39 is 52.2 Å². The number of nitriles is 1. The summed E-state index contributed by atoms with van der Waals surface area (Å²) in [6, 6.07) is 11.5. The van der Waals surface area contributed by atoms with Crippen molar-refractivity contribution in [2.24, 2.45) is 17.6 Å². The normalized spacial score (nSPS) is 24.4. The van der Waals surface area contributed by atoms with Gasteiger partial charge in [-0.1, -0.05) is 18.2 Å². The van der Waals surface area contributed by atoms with E-state index in [4.69, 9.17) is 11.0 Å². The molecule has 2 heterocycles. The molecule has 13 nitrogen and oxygen atoms in total. The van der Waals surface area contributed by atoms with Crippen LogP contribution in [0.15, 0.2) is 48.5 Å². The number of nitro groups is 1. The highest BCUT2D eigenvalue weighted by Gasteiger charge is 2.68.